The molecule has 7 heteroatoms. The van der Waals surface area contributed by atoms with E-state index in [4.69, 9.17) is 16.3 Å². The number of hydrogen-bond donors (Lipinski definition) is 0. The van der Waals surface area contributed by atoms with Gasteiger partial charge in [-0.15, -0.1) is 0 Å². The van der Waals surface area contributed by atoms with Gasteiger partial charge in [0.05, 0.1) is 5.02 Å². The lowest BCUT2D eigenvalue weighted by Crippen LogP contribution is -2.43. The molecule has 3 aromatic rings. The van der Waals surface area contributed by atoms with E-state index in [9.17, 15) is 9.18 Å². The van der Waals surface area contributed by atoms with E-state index in [0.29, 0.717) is 22.1 Å². The maximum Gasteiger partial charge on any atom is 0.263 e. The van der Waals surface area contributed by atoms with Gasteiger partial charge >= 0.3 is 0 Å². The van der Waals surface area contributed by atoms with E-state index in [-0.39, 0.29) is 5.91 Å². The number of pyridine rings is 2. The average molecular weight is 414 g/mol. The third kappa shape index (κ3) is 4.17. The van der Waals surface area contributed by atoms with E-state index in [0.717, 1.165) is 43.3 Å². The molecule has 1 aromatic carbocycles. The smallest absolute Gasteiger partial charge is 0.263 e. The molecule has 3 heterocycles. The van der Waals surface area contributed by atoms with Gasteiger partial charge in [0.15, 0.2) is 11.8 Å². The first kappa shape index (κ1) is 19.6. The first-order chi connectivity index (χ1) is 14.0. The number of ether oxygens (including phenoxy) is 1. The Balaban J connectivity index is 1.59. The quantitative estimate of drug-likeness (QED) is 0.612. The fourth-order valence-corrected chi connectivity index (χ4v) is 3.89. The van der Waals surface area contributed by atoms with Crippen LogP contribution in [0.2, 0.25) is 5.02 Å². The normalized spacial score (nSPS) is 15.3. The zero-order valence-corrected chi connectivity index (χ0v) is 16.8. The van der Waals surface area contributed by atoms with Gasteiger partial charge in [-0.05, 0) is 62.1 Å². The van der Waals surface area contributed by atoms with Crippen LogP contribution in [0.15, 0.2) is 42.6 Å². The molecule has 1 atom stereocenters. The number of piperidine rings is 1. The zero-order chi connectivity index (χ0) is 20.4. The summed E-state index contributed by atoms with van der Waals surface area (Å²) in [7, 11) is 0. The highest BCUT2D eigenvalue weighted by atomic mass is 35.5. The lowest BCUT2D eigenvalue weighted by molar-refractivity contribution is -0.138. The molecule has 4 rings (SSSR count). The van der Waals surface area contributed by atoms with Crippen molar-refractivity contribution in [2.45, 2.75) is 32.3 Å². The molecule has 0 aliphatic carbocycles. The molecule has 150 valence electrons. The predicted octanol–water partition coefficient (Wildman–Crippen LogP) is 4.87. The number of rotatable bonds is 4. The Bertz CT molecular complexity index is 1050. The topological polar surface area (TPSA) is 55.3 Å². The van der Waals surface area contributed by atoms with Crippen LogP contribution in [0, 0.1) is 5.82 Å². The number of benzene rings is 1. The monoisotopic (exact) mass is 413 g/mol. The number of amides is 1. The Morgan fingerprint density at radius 2 is 1.93 bits per heavy atom. The molecule has 0 bridgehead atoms. The van der Waals surface area contributed by atoms with E-state index in [1.807, 2.05) is 17.0 Å². The summed E-state index contributed by atoms with van der Waals surface area (Å²) in [5.74, 6) is -0.0742. The van der Waals surface area contributed by atoms with E-state index in [1.54, 1.807) is 25.3 Å². The van der Waals surface area contributed by atoms with E-state index < -0.39 is 11.9 Å². The van der Waals surface area contributed by atoms with Crippen LogP contribution in [0.5, 0.6) is 5.88 Å². The molecule has 0 radical (unpaired) electrons. The number of halogens is 2. The largest absolute Gasteiger partial charge is 0.464 e. The molecule has 1 aliphatic rings. The number of nitrogens with zero attached hydrogens (tertiary/aromatic N) is 3. The second kappa shape index (κ2) is 8.33. The summed E-state index contributed by atoms with van der Waals surface area (Å²) >= 11 is 6.23. The van der Waals surface area contributed by atoms with Crippen LogP contribution in [0.4, 0.5) is 4.39 Å². The standard InChI is InChI=1S/C22H21ClFN3O2/c1-14(22(28)27-11-3-2-4-12-27)29-20-8-7-18-16(9-10-25-21(18)26-20)17-6-5-15(24)13-19(17)23/h5-10,13-14H,2-4,11-12H2,1H3/t14-/m1/s1. The molecule has 5 nitrogen and oxygen atoms in total. The Morgan fingerprint density at radius 3 is 2.69 bits per heavy atom. The average Bonchev–Trinajstić information content (AvgIpc) is 2.73. The molecular formula is C22H21ClFN3O2. The van der Waals surface area contributed by atoms with Crippen LogP contribution in [0.1, 0.15) is 26.2 Å². The van der Waals surface area contributed by atoms with Gasteiger partial charge in [-0.3, -0.25) is 4.79 Å². The summed E-state index contributed by atoms with van der Waals surface area (Å²) in [6.07, 6.45) is 4.23. The fourth-order valence-electron chi connectivity index (χ4n) is 3.62. The Kier molecular flexibility index (Phi) is 5.62. The highest BCUT2D eigenvalue weighted by Crippen LogP contribution is 2.33. The van der Waals surface area contributed by atoms with E-state index in [2.05, 4.69) is 9.97 Å². The number of aromatic nitrogens is 2. The minimum Gasteiger partial charge on any atom is -0.464 e. The van der Waals surface area contributed by atoms with Gasteiger partial charge in [0.25, 0.3) is 5.91 Å². The molecule has 0 unspecified atom stereocenters. The van der Waals surface area contributed by atoms with Gasteiger partial charge in [0, 0.05) is 36.3 Å². The van der Waals surface area contributed by atoms with Crippen molar-refractivity contribution in [3.63, 3.8) is 0 Å². The van der Waals surface area contributed by atoms with Gasteiger partial charge < -0.3 is 9.64 Å². The van der Waals surface area contributed by atoms with Crippen molar-refractivity contribution in [2.24, 2.45) is 0 Å². The van der Waals surface area contributed by atoms with Gasteiger partial charge in [0.1, 0.15) is 5.82 Å². The van der Waals surface area contributed by atoms with E-state index >= 15 is 0 Å². The van der Waals surface area contributed by atoms with Gasteiger partial charge in [-0.2, -0.15) is 4.98 Å². The van der Waals surface area contributed by atoms with Gasteiger partial charge in [-0.25, -0.2) is 9.37 Å². The maximum absolute atomic E-state index is 13.4. The molecule has 1 amide bonds. The number of carbonyl (C=O) groups is 1. The summed E-state index contributed by atoms with van der Waals surface area (Å²) in [6.45, 7) is 3.30. The number of carbonyl (C=O) groups excluding carboxylic acids is 1. The summed E-state index contributed by atoms with van der Waals surface area (Å²) in [5.41, 5.74) is 1.97. The van der Waals surface area contributed by atoms with Crippen molar-refractivity contribution >= 4 is 28.5 Å². The Labute approximate surface area is 173 Å². The first-order valence-corrected chi connectivity index (χ1v) is 10.1. The SMILES string of the molecule is C[C@@H](Oc1ccc2c(-c3ccc(F)cc3Cl)ccnc2n1)C(=O)N1CCCCC1. The Morgan fingerprint density at radius 1 is 1.14 bits per heavy atom. The molecule has 1 saturated heterocycles. The zero-order valence-electron chi connectivity index (χ0n) is 16.1. The molecule has 0 N–H and O–H groups in total. The summed E-state index contributed by atoms with van der Waals surface area (Å²) in [4.78, 5) is 23.2. The van der Waals surface area contributed by atoms with Crippen molar-refractivity contribution in [2.75, 3.05) is 13.1 Å². The van der Waals surface area contributed by atoms with Gasteiger partial charge in [0.2, 0.25) is 5.88 Å². The minimum atomic E-state index is -0.618. The first-order valence-electron chi connectivity index (χ1n) is 9.69. The third-order valence-corrected chi connectivity index (χ3v) is 5.42. The molecule has 1 fully saturated rings. The molecule has 1 aliphatic heterocycles. The Hall–Kier alpha value is -2.73. The second-order valence-electron chi connectivity index (χ2n) is 7.15. The number of fused-ring (bicyclic) bond motifs is 1. The minimum absolute atomic E-state index is 0.0219. The third-order valence-electron chi connectivity index (χ3n) is 5.11. The predicted molar refractivity (Wildman–Crippen MR) is 110 cm³/mol. The van der Waals surface area contributed by atoms with Crippen molar-refractivity contribution in [3.8, 4) is 17.0 Å². The summed E-state index contributed by atoms with van der Waals surface area (Å²) in [6, 6.07) is 9.64. The molecular weight excluding hydrogens is 393 g/mol. The summed E-state index contributed by atoms with van der Waals surface area (Å²) in [5, 5.41) is 1.09. The lowest BCUT2D eigenvalue weighted by Gasteiger charge is -2.29. The number of hydrogen-bond acceptors (Lipinski definition) is 4. The highest BCUT2D eigenvalue weighted by molar-refractivity contribution is 6.33. The van der Waals surface area contributed by atoms with Gasteiger partial charge in [-0.1, -0.05) is 11.6 Å². The van der Waals surface area contributed by atoms with Crippen LogP contribution < -0.4 is 4.74 Å². The van der Waals surface area contributed by atoms with Crippen molar-refractivity contribution in [1.29, 1.82) is 0 Å². The van der Waals surface area contributed by atoms with Crippen molar-refractivity contribution < 1.29 is 13.9 Å². The van der Waals surface area contributed by atoms with Crippen LogP contribution >= 0.6 is 11.6 Å². The number of likely N-dealkylation sites (tertiary alicyclic amines) is 1. The molecule has 29 heavy (non-hydrogen) atoms. The molecule has 0 spiro atoms. The molecule has 0 saturated carbocycles. The van der Waals surface area contributed by atoms with Crippen molar-refractivity contribution in [3.05, 3.63) is 53.4 Å². The van der Waals surface area contributed by atoms with Crippen LogP contribution in [0.25, 0.3) is 22.2 Å². The second-order valence-corrected chi connectivity index (χ2v) is 7.56. The molecule has 2 aromatic heterocycles. The van der Waals surface area contributed by atoms with Crippen LogP contribution in [-0.2, 0) is 4.79 Å². The fraction of sp³-hybridized carbons (Fsp3) is 0.318. The maximum atomic E-state index is 13.4. The summed E-state index contributed by atoms with van der Waals surface area (Å²) < 4.78 is 19.2. The van der Waals surface area contributed by atoms with E-state index in [1.165, 1.54) is 12.1 Å². The van der Waals surface area contributed by atoms with Crippen molar-refractivity contribution in [1.82, 2.24) is 14.9 Å². The lowest BCUT2D eigenvalue weighted by atomic mass is 10.0. The highest BCUT2D eigenvalue weighted by Gasteiger charge is 2.24. The van der Waals surface area contributed by atoms with Crippen LogP contribution in [-0.4, -0.2) is 40.0 Å². The van der Waals surface area contributed by atoms with Crippen LogP contribution in [0.3, 0.4) is 0 Å².